The van der Waals surface area contributed by atoms with Crippen LogP contribution in [0, 0.1) is 6.92 Å². The van der Waals surface area contributed by atoms with Crippen LogP contribution in [0.3, 0.4) is 0 Å². The zero-order chi connectivity index (χ0) is 14.9. The largest absolute Gasteiger partial charge is 0.483 e. The van der Waals surface area contributed by atoms with E-state index in [1.807, 2.05) is 33.8 Å². The lowest BCUT2D eigenvalue weighted by Gasteiger charge is -2.39. The summed E-state index contributed by atoms with van der Waals surface area (Å²) < 4.78 is 11.0. The van der Waals surface area contributed by atoms with Crippen molar-refractivity contribution in [3.8, 4) is 5.75 Å². The van der Waals surface area contributed by atoms with Gasteiger partial charge in [-0.05, 0) is 39.8 Å². The Hall–Kier alpha value is -1.49. The van der Waals surface area contributed by atoms with E-state index in [1.54, 1.807) is 11.0 Å². The van der Waals surface area contributed by atoms with Crippen LogP contribution in [0.1, 0.15) is 26.5 Å². The molecule has 0 spiro atoms. The number of aryl methyl sites for hydroxylation is 1. The number of aromatic nitrogens is 1. The molecule has 1 aromatic rings. The molecule has 0 aliphatic carbocycles. The maximum atomic E-state index is 11.8. The van der Waals surface area contributed by atoms with E-state index in [9.17, 15) is 4.79 Å². The Morgan fingerprint density at radius 2 is 2.05 bits per heavy atom. The quantitative estimate of drug-likeness (QED) is 0.788. The monoisotopic (exact) mass is 298 g/mol. The maximum Gasteiger partial charge on any atom is 0.410 e. The predicted molar refractivity (Wildman–Crippen MR) is 76.2 cm³/mol. The van der Waals surface area contributed by atoms with Gasteiger partial charge in [0.25, 0.3) is 0 Å². The SMILES string of the molecule is Cc1ccc(OC2CN(C(=O)OC(C)(C)C)C2)c(Cl)n1. The fourth-order valence-electron chi connectivity index (χ4n) is 1.77. The first-order chi connectivity index (χ1) is 9.24. The number of amides is 1. The van der Waals surface area contributed by atoms with Gasteiger partial charge in [-0.25, -0.2) is 9.78 Å². The number of carbonyl (C=O) groups is 1. The normalized spacial score (nSPS) is 15.8. The highest BCUT2D eigenvalue weighted by atomic mass is 35.5. The average molecular weight is 299 g/mol. The molecule has 5 nitrogen and oxygen atoms in total. The zero-order valence-electron chi connectivity index (χ0n) is 12.1. The molecule has 2 rings (SSSR count). The predicted octanol–water partition coefficient (Wildman–Crippen LogP) is 3.04. The molecule has 1 aliphatic heterocycles. The van der Waals surface area contributed by atoms with Crippen LogP contribution in [0.25, 0.3) is 0 Å². The molecule has 1 aromatic heterocycles. The van der Waals surface area contributed by atoms with E-state index < -0.39 is 5.60 Å². The van der Waals surface area contributed by atoms with Crippen molar-refractivity contribution in [1.82, 2.24) is 9.88 Å². The summed E-state index contributed by atoms with van der Waals surface area (Å²) in [5, 5.41) is 0.348. The zero-order valence-corrected chi connectivity index (χ0v) is 12.9. The lowest BCUT2D eigenvalue weighted by atomic mass is 10.1. The smallest absolute Gasteiger partial charge is 0.410 e. The molecule has 0 bridgehead atoms. The second kappa shape index (κ2) is 5.48. The number of pyridine rings is 1. The summed E-state index contributed by atoms with van der Waals surface area (Å²) in [5.74, 6) is 0.547. The van der Waals surface area contributed by atoms with Gasteiger partial charge in [0.05, 0.1) is 13.1 Å². The molecular weight excluding hydrogens is 280 g/mol. The molecule has 1 fully saturated rings. The van der Waals surface area contributed by atoms with Gasteiger partial charge in [0.2, 0.25) is 0 Å². The van der Waals surface area contributed by atoms with Crippen molar-refractivity contribution in [3.05, 3.63) is 23.0 Å². The van der Waals surface area contributed by atoms with Crippen molar-refractivity contribution in [1.29, 1.82) is 0 Å². The molecule has 2 heterocycles. The van der Waals surface area contributed by atoms with E-state index in [0.717, 1.165) is 5.69 Å². The van der Waals surface area contributed by atoms with Gasteiger partial charge >= 0.3 is 6.09 Å². The van der Waals surface area contributed by atoms with Crippen LogP contribution < -0.4 is 4.74 Å². The third kappa shape index (κ3) is 3.76. The first-order valence-electron chi connectivity index (χ1n) is 6.52. The second-order valence-electron chi connectivity index (χ2n) is 5.87. The Labute approximate surface area is 123 Å². The number of rotatable bonds is 2. The minimum absolute atomic E-state index is 0.0653. The Morgan fingerprint density at radius 1 is 1.40 bits per heavy atom. The lowest BCUT2D eigenvalue weighted by Crippen LogP contribution is -2.57. The summed E-state index contributed by atoms with van der Waals surface area (Å²) in [7, 11) is 0. The van der Waals surface area contributed by atoms with Crippen molar-refractivity contribution in [2.24, 2.45) is 0 Å². The standard InChI is InChI=1S/C14H19ClN2O3/c1-9-5-6-11(12(15)16-9)19-10-7-17(8-10)13(18)20-14(2,3)4/h5-6,10H,7-8H2,1-4H3. The number of hydrogen-bond acceptors (Lipinski definition) is 4. The van der Waals surface area contributed by atoms with Crippen LogP contribution in [-0.2, 0) is 4.74 Å². The fourth-order valence-corrected chi connectivity index (χ4v) is 2.01. The number of hydrogen-bond donors (Lipinski definition) is 0. The first kappa shape index (κ1) is 14.9. The van der Waals surface area contributed by atoms with E-state index in [-0.39, 0.29) is 12.2 Å². The molecule has 0 aromatic carbocycles. The topological polar surface area (TPSA) is 51.7 Å². The highest BCUT2D eigenvalue weighted by Gasteiger charge is 2.35. The summed E-state index contributed by atoms with van der Waals surface area (Å²) >= 11 is 6.00. The molecule has 0 radical (unpaired) electrons. The molecule has 1 aliphatic rings. The molecule has 0 N–H and O–H groups in total. The summed E-state index contributed by atoms with van der Waals surface area (Å²) in [5.41, 5.74) is 0.360. The van der Waals surface area contributed by atoms with E-state index in [0.29, 0.717) is 24.0 Å². The van der Waals surface area contributed by atoms with Crippen molar-refractivity contribution in [2.45, 2.75) is 39.4 Å². The Bertz CT molecular complexity index is 508. The van der Waals surface area contributed by atoms with Gasteiger partial charge < -0.3 is 14.4 Å². The average Bonchev–Trinajstić information content (AvgIpc) is 2.22. The molecule has 0 saturated carbocycles. The number of likely N-dealkylation sites (tertiary alicyclic amines) is 1. The third-order valence-electron chi connectivity index (χ3n) is 2.75. The van der Waals surface area contributed by atoms with Crippen molar-refractivity contribution in [3.63, 3.8) is 0 Å². The molecular formula is C14H19ClN2O3. The summed E-state index contributed by atoms with van der Waals surface area (Å²) in [4.78, 5) is 17.5. The number of halogens is 1. The maximum absolute atomic E-state index is 11.8. The van der Waals surface area contributed by atoms with E-state index >= 15 is 0 Å². The Balaban J connectivity index is 1.83. The van der Waals surface area contributed by atoms with Gasteiger partial charge in [-0.3, -0.25) is 0 Å². The summed E-state index contributed by atoms with van der Waals surface area (Å²) in [6.45, 7) is 8.39. The molecule has 110 valence electrons. The lowest BCUT2D eigenvalue weighted by molar-refractivity contribution is -0.0221. The van der Waals surface area contributed by atoms with Crippen molar-refractivity contribution >= 4 is 17.7 Å². The van der Waals surface area contributed by atoms with Crippen LogP contribution >= 0.6 is 11.6 Å². The molecule has 0 unspecified atom stereocenters. The highest BCUT2D eigenvalue weighted by molar-refractivity contribution is 6.30. The van der Waals surface area contributed by atoms with Gasteiger partial charge in [0.15, 0.2) is 10.9 Å². The van der Waals surface area contributed by atoms with Crippen LogP contribution in [-0.4, -0.2) is 40.8 Å². The van der Waals surface area contributed by atoms with Gasteiger partial charge in [0, 0.05) is 5.69 Å². The minimum Gasteiger partial charge on any atom is -0.483 e. The first-order valence-corrected chi connectivity index (χ1v) is 6.90. The number of ether oxygens (including phenoxy) is 2. The molecule has 20 heavy (non-hydrogen) atoms. The van der Waals surface area contributed by atoms with E-state index in [4.69, 9.17) is 21.1 Å². The summed E-state index contributed by atoms with van der Waals surface area (Å²) in [6.07, 6.45) is -0.380. The van der Waals surface area contributed by atoms with Crippen LogP contribution in [0.2, 0.25) is 5.15 Å². The van der Waals surface area contributed by atoms with Crippen molar-refractivity contribution < 1.29 is 14.3 Å². The molecule has 6 heteroatoms. The third-order valence-corrected chi connectivity index (χ3v) is 3.02. The highest BCUT2D eigenvalue weighted by Crippen LogP contribution is 2.26. The van der Waals surface area contributed by atoms with E-state index in [2.05, 4.69) is 4.98 Å². The minimum atomic E-state index is -0.479. The summed E-state index contributed by atoms with van der Waals surface area (Å²) in [6, 6.07) is 3.63. The molecule has 1 saturated heterocycles. The second-order valence-corrected chi connectivity index (χ2v) is 6.22. The van der Waals surface area contributed by atoms with Gasteiger partial charge in [-0.2, -0.15) is 0 Å². The number of nitrogens with zero attached hydrogens (tertiary/aromatic N) is 2. The fraction of sp³-hybridized carbons (Fsp3) is 0.571. The Kier molecular flexibility index (Phi) is 4.09. The van der Waals surface area contributed by atoms with Crippen molar-refractivity contribution in [2.75, 3.05) is 13.1 Å². The Morgan fingerprint density at radius 3 is 2.60 bits per heavy atom. The molecule has 1 amide bonds. The van der Waals surface area contributed by atoms with E-state index in [1.165, 1.54) is 0 Å². The van der Waals surface area contributed by atoms with Gasteiger partial charge in [-0.15, -0.1) is 0 Å². The molecule has 0 atom stereocenters. The van der Waals surface area contributed by atoms with Crippen LogP contribution in [0.4, 0.5) is 4.79 Å². The number of carbonyl (C=O) groups excluding carboxylic acids is 1. The van der Waals surface area contributed by atoms with Gasteiger partial charge in [-0.1, -0.05) is 11.6 Å². The van der Waals surface area contributed by atoms with Crippen LogP contribution in [0.5, 0.6) is 5.75 Å². The van der Waals surface area contributed by atoms with Crippen LogP contribution in [0.15, 0.2) is 12.1 Å². The van der Waals surface area contributed by atoms with Gasteiger partial charge in [0.1, 0.15) is 11.7 Å².